The highest BCUT2D eigenvalue weighted by Crippen LogP contribution is 2.25. The van der Waals surface area contributed by atoms with Crippen LogP contribution in [-0.2, 0) is 4.79 Å². The second-order valence-electron chi connectivity index (χ2n) is 4.79. The van der Waals surface area contributed by atoms with Gasteiger partial charge >= 0.3 is 0 Å². The van der Waals surface area contributed by atoms with Crippen LogP contribution in [0.4, 0.5) is 0 Å². The summed E-state index contributed by atoms with van der Waals surface area (Å²) in [5, 5.41) is 3.02. The van der Waals surface area contributed by atoms with Gasteiger partial charge in [0.05, 0.1) is 6.04 Å². The first-order valence-corrected chi connectivity index (χ1v) is 7.65. The van der Waals surface area contributed by atoms with E-state index >= 15 is 0 Å². The third-order valence-corrected chi connectivity index (χ3v) is 4.12. The molecule has 104 valence electrons. The van der Waals surface area contributed by atoms with Crippen molar-refractivity contribution in [3.05, 3.63) is 65.7 Å². The summed E-state index contributed by atoms with van der Waals surface area (Å²) >= 11 is 1.76. The van der Waals surface area contributed by atoms with E-state index in [4.69, 9.17) is 0 Å². The first-order chi connectivity index (χ1) is 9.65. The maximum absolute atomic E-state index is 11.4. The second-order valence-corrected chi connectivity index (χ2v) is 5.88. The minimum absolute atomic E-state index is 0.00311. The van der Waals surface area contributed by atoms with Crippen molar-refractivity contribution in [1.82, 2.24) is 5.32 Å². The summed E-state index contributed by atoms with van der Waals surface area (Å²) in [5.74, 6) is 0.829. The monoisotopic (exact) mass is 285 g/mol. The number of hydrogen-bond donors (Lipinski definition) is 1. The van der Waals surface area contributed by atoms with Crippen molar-refractivity contribution in [2.24, 2.45) is 0 Å². The predicted octanol–water partition coefficient (Wildman–Crippen LogP) is 3.96. The van der Waals surface area contributed by atoms with Crippen LogP contribution in [0.15, 0.2) is 59.5 Å². The highest BCUT2D eigenvalue weighted by molar-refractivity contribution is 7.99. The molecule has 0 fully saturated rings. The molecule has 2 nitrogen and oxygen atoms in total. The lowest BCUT2D eigenvalue weighted by Crippen LogP contribution is -2.27. The van der Waals surface area contributed by atoms with Crippen molar-refractivity contribution in [3.63, 3.8) is 0 Å². The highest BCUT2D eigenvalue weighted by atomic mass is 32.2. The van der Waals surface area contributed by atoms with Crippen molar-refractivity contribution in [2.45, 2.75) is 24.8 Å². The molecule has 1 N–H and O–H groups in total. The molecular formula is C17H19NOS. The van der Waals surface area contributed by atoms with E-state index in [0.717, 1.165) is 11.3 Å². The van der Waals surface area contributed by atoms with Crippen LogP contribution >= 0.6 is 11.8 Å². The van der Waals surface area contributed by atoms with Gasteiger partial charge in [0, 0.05) is 17.6 Å². The van der Waals surface area contributed by atoms with E-state index in [1.807, 2.05) is 18.2 Å². The molecule has 20 heavy (non-hydrogen) atoms. The lowest BCUT2D eigenvalue weighted by molar-refractivity contribution is -0.119. The minimum atomic E-state index is 0.00311. The molecular weight excluding hydrogens is 266 g/mol. The van der Waals surface area contributed by atoms with Crippen molar-refractivity contribution in [3.8, 4) is 0 Å². The Balaban J connectivity index is 2.04. The Morgan fingerprint density at radius 1 is 1.10 bits per heavy atom. The number of aryl methyl sites for hydroxylation is 1. The van der Waals surface area contributed by atoms with Gasteiger partial charge in [-0.1, -0.05) is 48.0 Å². The molecule has 1 amide bonds. The van der Waals surface area contributed by atoms with Crippen LogP contribution in [0.2, 0.25) is 0 Å². The van der Waals surface area contributed by atoms with Crippen LogP contribution in [0.3, 0.4) is 0 Å². The van der Waals surface area contributed by atoms with Gasteiger partial charge in [0.1, 0.15) is 0 Å². The fourth-order valence-corrected chi connectivity index (χ4v) is 2.93. The normalized spacial score (nSPS) is 11.9. The van der Waals surface area contributed by atoms with Gasteiger partial charge in [-0.3, -0.25) is 4.79 Å². The Morgan fingerprint density at radius 3 is 2.35 bits per heavy atom. The molecule has 2 aromatic rings. The standard InChI is InChI=1S/C17H19NOS/c1-13-8-10-16(11-9-13)20-12-17(18-14(2)19)15-6-4-3-5-7-15/h3-11,17H,12H2,1-2H3,(H,18,19). The Morgan fingerprint density at radius 2 is 1.75 bits per heavy atom. The highest BCUT2D eigenvalue weighted by Gasteiger charge is 2.12. The summed E-state index contributed by atoms with van der Waals surface area (Å²) in [4.78, 5) is 12.6. The van der Waals surface area contributed by atoms with Gasteiger partial charge in [-0.15, -0.1) is 11.8 Å². The Kier molecular flexibility index (Phi) is 5.24. The van der Waals surface area contributed by atoms with Crippen molar-refractivity contribution >= 4 is 17.7 Å². The smallest absolute Gasteiger partial charge is 0.217 e. The topological polar surface area (TPSA) is 29.1 Å². The SMILES string of the molecule is CC(=O)NC(CSc1ccc(C)cc1)c1ccccc1. The molecule has 1 unspecified atom stereocenters. The van der Waals surface area contributed by atoms with Crippen molar-refractivity contribution in [2.75, 3.05) is 5.75 Å². The zero-order valence-electron chi connectivity index (χ0n) is 11.8. The lowest BCUT2D eigenvalue weighted by atomic mass is 10.1. The second kappa shape index (κ2) is 7.15. The number of benzene rings is 2. The maximum atomic E-state index is 11.4. The Labute approximate surface area is 124 Å². The van der Waals surface area contributed by atoms with E-state index < -0.39 is 0 Å². The number of thioether (sulfide) groups is 1. The van der Waals surface area contributed by atoms with Crippen molar-refractivity contribution < 1.29 is 4.79 Å². The van der Waals surface area contributed by atoms with Crippen LogP contribution in [-0.4, -0.2) is 11.7 Å². The largest absolute Gasteiger partial charge is 0.349 e. The molecule has 0 aromatic heterocycles. The molecule has 0 radical (unpaired) electrons. The quantitative estimate of drug-likeness (QED) is 0.842. The van der Waals surface area contributed by atoms with Gasteiger partial charge < -0.3 is 5.32 Å². The van der Waals surface area contributed by atoms with E-state index in [0.29, 0.717) is 0 Å². The van der Waals surface area contributed by atoms with E-state index in [1.54, 1.807) is 18.7 Å². The van der Waals surface area contributed by atoms with Crippen LogP contribution < -0.4 is 5.32 Å². The molecule has 0 aliphatic rings. The molecule has 0 saturated heterocycles. The van der Waals surface area contributed by atoms with Crippen LogP contribution in [0.1, 0.15) is 24.1 Å². The van der Waals surface area contributed by atoms with Gasteiger partial charge in [0.15, 0.2) is 0 Å². The molecule has 0 aliphatic heterocycles. The van der Waals surface area contributed by atoms with E-state index in [-0.39, 0.29) is 11.9 Å². The summed E-state index contributed by atoms with van der Waals surface area (Å²) in [7, 11) is 0. The summed E-state index contributed by atoms with van der Waals surface area (Å²) in [6.07, 6.45) is 0. The fourth-order valence-electron chi connectivity index (χ4n) is 1.97. The molecule has 0 aliphatic carbocycles. The number of carbonyl (C=O) groups excluding carboxylic acids is 1. The predicted molar refractivity (Wildman–Crippen MR) is 84.9 cm³/mol. The lowest BCUT2D eigenvalue weighted by Gasteiger charge is -2.18. The number of rotatable bonds is 5. The van der Waals surface area contributed by atoms with Crippen LogP contribution in [0, 0.1) is 6.92 Å². The molecule has 0 saturated carbocycles. The van der Waals surface area contributed by atoms with Crippen molar-refractivity contribution in [1.29, 1.82) is 0 Å². The van der Waals surface area contributed by atoms with Gasteiger partial charge in [-0.25, -0.2) is 0 Å². The number of hydrogen-bond acceptors (Lipinski definition) is 2. The molecule has 2 rings (SSSR count). The molecule has 1 atom stereocenters. The first kappa shape index (κ1) is 14.7. The summed E-state index contributed by atoms with van der Waals surface area (Å²) < 4.78 is 0. The summed E-state index contributed by atoms with van der Waals surface area (Å²) in [6, 6.07) is 18.6. The average Bonchev–Trinajstić information content (AvgIpc) is 2.46. The first-order valence-electron chi connectivity index (χ1n) is 6.66. The van der Waals surface area contributed by atoms with E-state index in [2.05, 4.69) is 48.6 Å². The third kappa shape index (κ3) is 4.42. The van der Waals surface area contributed by atoms with E-state index in [9.17, 15) is 4.79 Å². The molecule has 2 aromatic carbocycles. The van der Waals surface area contributed by atoms with Crippen LogP contribution in [0.5, 0.6) is 0 Å². The summed E-state index contributed by atoms with van der Waals surface area (Å²) in [5.41, 5.74) is 2.40. The molecule has 0 heterocycles. The fraction of sp³-hybridized carbons (Fsp3) is 0.235. The number of carbonyl (C=O) groups is 1. The molecule has 3 heteroatoms. The summed E-state index contributed by atoms with van der Waals surface area (Å²) in [6.45, 7) is 3.64. The molecule has 0 bridgehead atoms. The number of amides is 1. The third-order valence-electron chi connectivity index (χ3n) is 3.02. The minimum Gasteiger partial charge on any atom is -0.349 e. The molecule has 0 spiro atoms. The Hall–Kier alpha value is -1.74. The Bertz CT molecular complexity index is 551. The van der Waals surface area contributed by atoms with Gasteiger partial charge in [0.2, 0.25) is 5.91 Å². The van der Waals surface area contributed by atoms with Gasteiger partial charge in [-0.05, 0) is 24.6 Å². The number of nitrogens with one attached hydrogen (secondary N) is 1. The average molecular weight is 285 g/mol. The van der Waals surface area contributed by atoms with Crippen LogP contribution in [0.25, 0.3) is 0 Å². The van der Waals surface area contributed by atoms with Gasteiger partial charge in [0.25, 0.3) is 0 Å². The van der Waals surface area contributed by atoms with E-state index in [1.165, 1.54) is 10.5 Å². The zero-order chi connectivity index (χ0) is 14.4. The maximum Gasteiger partial charge on any atom is 0.217 e. The van der Waals surface area contributed by atoms with Gasteiger partial charge in [-0.2, -0.15) is 0 Å². The zero-order valence-corrected chi connectivity index (χ0v) is 12.6.